The van der Waals surface area contributed by atoms with Gasteiger partial charge in [0.2, 0.25) is 11.8 Å². The quantitative estimate of drug-likeness (QED) is 0.764. The van der Waals surface area contributed by atoms with Gasteiger partial charge in [-0.2, -0.15) is 0 Å². The highest BCUT2D eigenvalue weighted by molar-refractivity contribution is 5.92. The molecule has 1 fully saturated rings. The molecule has 0 spiro atoms. The minimum Gasteiger partial charge on any atom is -0.497 e. The van der Waals surface area contributed by atoms with Crippen molar-refractivity contribution in [3.8, 4) is 5.75 Å². The summed E-state index contributed by atoms with van der Waals surface area (Å²) in [6.07, 6.45) is 5.04. The number of likely N-dealkylation sites (N-methyl/N-ethyl adjacent to an activating group) is 1. The first-order valence-electron chi connectivity index (χ1n) is 8.16. The second-order valence-electron chi connectivity index (χ2n) is 5.84. The molecule has 0 saturated carbocycles. The first-order chi connectivity index (χ1) is 11.6. The van der Waals surface area contributed by atoms with Crippen molar-refractivity contribution in [3.63, 3.8) is 0 Å². The smallest absolute Gasteiger partial charge is 0.244 e. The van der Waals surface area contributed by atoms with Gasteiger partial charge in [-0.3, -0.25) is 14.5 Å². The van der Waals surface area contributed by atoms with Crippen LogP contribution in [0.2, 0.25) is 0 Å². The van der Waals surface area contributed by atoms with Crippen molar-refractivity contribution in [2.75, 3.05) is 33.8 Å². The second kappa shape index (κ2) is 9.08. The lowest BCUT2D eigenvalue weighted by molar-refractivity contribution is -0.122. The van der Waals surface area contributed by atoms with E-state index < -0.39 is 0 Å². The van der Waals surface area contributed by atoms with Crippen LogP contribution in [0.5, 0.6) is 5.75 Å². The van der Waals surface area contributed by atoms with Crippen LogP contribution in [0.1, 0.15) is 18.4 Å². The molecule has 6 nitrogen and oxygen atoms in total. The Hall–Kier alpha value is -2.34. The monoisotopic (exact) mass is 331 g/mol. The SMILES string of the molecule is CNC(=O)CN1CCC(NC(=O)/C=C/c2cccc(OC)c2)CC1. The van der Waals surface area contributed by atoms with E-state index in [-0.39, 0.29) is 17.9 Å². The van der Waals surface area contributed by atoms with E-state index in [1.165, 1.54) is 0 Å². The van der Waals surface area contributed by atoms with Gasteiger partial charge < -0.3 is 15.4 Å². The van der Waals surface area contributed by atoms with Crippen LogP contribution in [-0.2, 0) is 9.59 Å². The van der Waals surface area contributed by atoms with Crippen molar-refractivity contribution in [1.29, 1.82) is 0 Å². The largest absolute Gasteiger partial charge is 0.497 e. The summed E-state index contributed by atoms with van der Waals surface area (Å²) < 4.78 is 5.16. The summed E-state index contributed by atoms with van der Waals surface area (Å²) in [6, 6.07) is 7.71. The molecule has 1 saturated heterocycles. The Balaban J connectivity index is 1.77. The lowest BCUT2D eigenvalue weighted by Gasteiger charge is -2.31. The predicted octanol–water partition coefficient (Wildman–Crippen LogP) is 1.04. The Morgan fingerprint density at radius 2 is 2.08 bits per heavy atom. The zero-order valence-electron chi connectivity index (χ0n) is 14.2. The van der Waals surface area contributed by atoms with Crippen molar-refractivity contribution >= 4 is 17.9 Å². The summed E-state index contributed by atoms with van der Waals surface area (Å²) in [6.45, 7) is 2.06. The maximum Gasteiger partial charge on any atom is 0.244 e. The van der Waals surface area contributed by atoms with E-state index in [0.29, 0.717) is 6.54 Å². The van der Waals surface area contributed by atoms with Crippen LogP contribution in [-0.4, -0.2) is 56.5 Å². The Bertz CT molecular complexity index is 593. The number of methoxy groups -OCH3 is 1. The molecule has 6 heteroatoms. The highest BCUT2D eigenvalue weighted by atomic mass is 16.5. The predicted molar refractivity (Wildman–Crippen MR) is 93.7 cm³/mol. The van der Waals surface area contributed by atoms with E-state index >= 15 is 0 Å². The van der Waals surface area contributed by atoms with E-state index in [1.54, 1.807) is 26.3 Å². The van der Waals surface area contributed by atoms with Crippen LogP contribution in [0.4, 0.5) is 0 Å². The number of hydrogen-bond donors (Lipinski definition) is 2. The maximum atomic E-state index is 12.0. The van der Waals surface area contributed by atoms with Crippen molar-refractivity contribution in [3.05, 3.63) is 35.9 Å². The summed E-state index contributed by atoms with van der Waals surface area (Å²) in [5.74, 6) is 0.697. The summed E-state index contributed by atoms with van der Waals surface area (Å²) in [4.78, 5) is 25.5. The summed E-state index contributed by atoms with van der Waals surface area (Å²) in [5, 5.41) is 5.65. The normalized spacial score (nSPS) is 16.1. The number of piperidine rings is 1. The zero-order chi connectivity index (χ0) is 17.4. The van der Waals surface area contributed by atoms with Gasteiger partial charge in [-0.1, -0.05) is 12.1 Å². The van der Waals surface area contributed by atoms with Gasteiger partial charge in [-0.05, 0) is 36.6 Å². The highest BCUT2D eigenvalue weighted by Crippen LogP contribution is 2.14. The minimum absolute atomic E-state index is 0.0266. The van der Waals surface area contributed by atoms with Gasteiger partial charge in [0.25, 0.3) is 0 Å². The number of amides is 2. The van der Waals surface area contributed by atoms with Crippen molar-refractivity contribution < 1.29 is 14.3 Å². The Kier molecular flexibility index (Phi) is 6.81. The number of rotatable bonds is 6. The third-order valence-electron chi connectivity index (χ3n) is 4.10. The van der Waals surface area contributed by atoms with Gasteiger partial charge in [0.05, 0.1) is 13.7 Å². The van der Waals surface area contributed by atoms with Gasteiger partial charge in [-0.25, -0.2) is 0 Å². The third kappa shape index (κ3) is 5.70. The molecule has 2 amide bonds. The van der Waals surface area contributed by atoms with E-state index in [1.807, 2.05) is 24.3 Å². The molecule has 0 unspecified atom stereocenters. The number of likely N-dealkylation sites (tertiary alicyclic amines) is 1. The molecule has 24 heavy (non-hydrogen) atoms. The summed E-state index contributed by atoms with van der Waals surface area (Å²) >= 11 is 0. The van der Waals surface area contributed by atoms with Gasteiger partial charge in [0.1, 0.15) is 5.75 Å². The topological polar surface area (TPSA) is 70.7 Å². The first kappa shape index (κ1) is 18.0. The fraction of sp³-hybridized carbons (Fsp3) is 0.444. The van der Waals surface area contributed by atoms with Crippen LogP contribution >= 0.6 is 0 Å². The number of hydrogen-bond acceptors (Lipinski definition) is 4. The maximum absolute atomic E-state index is 12.0. The molecule has 1 aliphatic rings. The number of nitrogens with one attached hydrogen (secondary N) is 2. The summed E-state index contributed by atoms with van der Waals surface area (Å²) in [5.41, 5.74) is 0.921. The highest BCUT2D eigenvalue weighted by Gasteiger charge is 2.21. The minimum atomic E-state index is -0.0948. The Labute approximate surface area is 142 Å². The molecular formula is C18H25N3O3. The van der Waals surface area contributed by atoms with E-state index in [4.69, 9.17) is 4.74 Å². The molecule has 1 aromatic carbocycles. The molecule has 0 aromatic heterocycles. The average molecular weight is 331 g/mol. The molecule has 1 aromatic rings. The molecule has 130 valence electrons. The number of benzene rings is 1. The fourth-order valence-corrected chi connectivity index (χ4v) is 2.68. The molecule has 0 bridgehead atoms. The lowest BCUT2D eigenvalue weighted by Crippen LogP contribution is -2.46. The molecule has 2 N–H and O–H groups in total. The van der Waals surface area contributed by atoms with Crippen LogP contribution in [0, 0.1) is 0 Å². The average Bonchev–Trinajstić information content (AvgIpc) is 2.61. The van der Waals surface area contributed by atoms with Crippen molar-refractivity contribution in [2.24, 2.45) is 0 Å². The molecule has 0 atom stereocenters. The number of ether oxygens (including phenoxy) is 1. The number of nitrogens with zero attached hydrogens (tertiary/aromatic N) is 1. The van der Waals surface area contributed by atoms with E-state index in [0.717, 1.165) is 37.2 Å². The summed E-state index contributed by atoms with van der Waals surface area (Å²) in [7, 11) is 3.26. The van der Waals surface area contributed by atoms with E-state index in [2.05, 4.69) is 15.5 Å². The van der Waals surface area contributed by atoms with E-state index in [9.17, 15) is 9.59 Å². The lowest BCUT2D eigenvalue weighted by atomic mass is 10.0. The van der Waals surface area contributed by atoms with Crippen LogP contribution in [0.25, 0.3) is 6.08 Å². The van der Waals surface area contributed by atoms with Gasteiger partial charge >= 0.3 is 0 Å². The second-order valence-corrected chi connectivity index (χ2v) is 5.84. The van der Waals surface area contributed by atoms with Gasteiger partial charge in [0.15, 0.2) is 0 Å². The molecule has 2 rings (SSSR count). The van der Waals surface area contributed by atoms with Crippen LogP contribution in [0.3, 0.4) is 0 Å². The molecule has 1 heterocycles. The van der Waals surface area contributed by atoms with Gasteiger partial charge in [0, 0.05) is 32.3 Å². The van der Waals surface area contributed by atoms with Crippen molar-refractivity contribution in [2.45, 2.75) is 18.9 Å². The van der Waals surface area contributed by atoms with Crippen LogP contribution in [0.15, 0.2) is 30.3 Å². The fourth-order valence-electron chi connectivity index (χ4n) is 2.68. The Morgan fingerprint density at radius 1 is 1.33 bits per heavy atom. The Morgan fingerprint density at radius 3 is 2.75 bits per heavy atom. The molecular weight excluding hydrogens is 306 g/mol. The molecule has 0 aliphatic carbocycles. The standard InChI is InChI=1S/C18H25N3O3/c1-19-18(23)13-21-10-8-15(9-11-21)20-17(22)7-6-14-4-3-5-16(12-14)24-2/h3-7,12,15H,8-11,13H2,1-2H3,(H,19,23)(H,20,22)/b7-6+. The molecule has 0 radical (unpaired) electrons. The number of carbonyl (C=O) groups is 2. The number of carbonyl (C=O) groups excluding carboxylic acids is 2. The zero-order valence-corrected chi connectivity index (χ0v) is 14.2. The first-order valence-corrected chi connectivity index (χ1v) is 8.16. The third-order valence-corrected chi connectivity index (χ3v) is 4.10. The van der Waals surface area contributed by atoms with Crippen LogP contribution < -0.4 is 15.4 Å². The van der Waals surface area contributed by atoms with Gasteiger partial charge in [-0.15, -0.1) is 0 Å². The van der Waals surface area contributed by atoms with Crippen molar-refractivity contribution in [1.82, 2.24) is 15.5 Å². The molecule has 1 aliphatic heterocycles.